The summed E-state index contributed by atoms with van der Waals surface area (Å²) in [4.78, 5) is 15.5. The molecule has 2 aromatic rings. The van der Waals surface area contributed by atoms with E-state index in [0.717, 1.165) is 22.9 Å². The van der Waals surface area contributed by atoms with E-state index >= 15 is 0 Å². The van der Waals surface area contributed by atoms with E-state index in [9.17, 15) is 13.2 Å². The number of benzene rings is 2. The second-order valence-corrected chi connectivity index (χ2v) is 10.2. The third kappa shape index (κ3) is 4.02. The summed E-state index contributed by atoms with van der Waals surface area (Å²) >= 11 is 3.48. The van der Waals surface area contributed by atoms with Gasteiger partial charge in [-0.25, -0.2) is 8.42 Å². The second kappa shape index (κ2) is 7.97. The number of carbonyl (C=O) groups is 1. The molecule has 1 saturated heterocycles. The van der Waals surface area contributed by atoms with Crippen molar-refractivity contribution in [1.82, 2.24) is 9.21 Å². The van der Waals surface area contributed by atoms with E-state index in [1.807, 2.05) is 29.2 Å². The van der Waals surface area contributed by atoms with E-state index in [1.54, 1.807) is 30.3 Å². The van der Waals surface area contributed by atoms with Crippen molar-refractivity contribution in [1.29, 1.82) is 0 Å². The van der Waals surface area contributed by atoms with E-state index in [0.29, 0.717) is 25.9 Å². The van der Waals surface area contributed by atoms with Gasteiger partial charge in [0.1, 0.15) is 6.04 Å². The highest BCUT2D eigenvalue weighted by atomic mass is 79.9. The molecule has 7 heteroatoms. The molecule has 4 rings (SSSR count). The van der Waals surface area contributed by atoms with Gasteiger partial charge in [-0.1, -0.05) is 46.3 Å². The van der Waals surface area contributed by atoms with Gasteiger partial charge in [-0.2, -0.15) is 4.31 Å². The highest BCUT2D eigenvalue weighted by Gasteiger charge is 2.44. The molecule has 2 aromatic carbocycles. The van der Waals surface area contributed by atoms with Gasteiger partial charge in [0, 0.05) is 23.6 Å². The minimum Gasteiger partial charge on any atom is -0.334 e. The van der Waals surface area contributed by atoms with E-state index < -0.39 is 16.1 Å². The molecule has 1 amide bonds. The predicted octanol–water partition coefficient (Wildman–Crippen LogP) is 3.79. The van der Waals surface area contributed by atoms with Crippen molar-refractivity contribution in [3.05, 3.63) is 64.6 Å². The van der Waals surface area contributed by atoms with E-state index in [1.165, 1.54) is 4.31 Å². The first-order valence-electron chi connectivity index (χ1n) is 9.58. The summed E-state index contributed by atoms with van der Waals surface area (Å²) in [5.41, 5.74) is 1.05. The Morgan fingerprint density at radius 1 is 1.07 bits per heavy atom. The molecular formula is C21H23BrN2O3S. The van der Waals surface area contributed by atoms with Crippen LogP contribution < -0.4 is 0 Å². The van der Waals surface area contributed by atoms with Crippen molar-refractivity contribution in [2.75, 3.05) is 6.54 Å². The predicted molar refractivity (Wildman–Crippen MR) is 111 cm³/mol. The van der Waals surface area contributed by atoms with Crippen LogP contribution in [-0.4, -0.2) is 42.2 Å². The minimum atomic E-state index is -3.67. The number of amides is 1. The molecule has 0 radical (unpaired) electrons. The molecule has 1 saturated carbocycles. The van der Waals surface area contributed by atoms with Crippen LogP contribution >= 0.6 is 15.9 Å². The number of hydrogen-bond acceptors (Lipinski definition) is 3. The SMILES string of the molecule is O=C(C1CCCN1S(=O)(=O)c1ccccc1)N(Cc1cccc(Br)c1)C1CC1. The van der Waals surface area contributed by atoms with Crippen LogP contribution in [0.15, 0.2) is 64.0 Å². The molecule has 5 nitrogen and oxygen atoms in total. The number of carbonyl (C=O) groups excluding carboxylic acids is 1. The molecule has 0 N–H and O–H groups in total. The van der Waals surface area contributed by atoms with Crippen LogP contribution in [0.25, 0.3) is 0 Å². The van der Waals surface area contributed by atoms with Gasteiger partial charge >= 0.3 is 0 Å². The second-order valence-electron chi connectivity index (χ2n) is 7.41. The smallest absolute Gasteiger partial charge is 0.243 e. The summed E-state index contributed by atoms with van der Waals surface area (Å²) in [6.45, 7) is 0.904. The third-order valence-electron chi connectivity index (χ3n) is 5.35. The fourth-order valence-corrected chi connectivity index (χ4v) is 5.92. The van der Waals surface area contributed by atoms with E-state index in [2.05, 4.69) is 15.9 Å². The van der Waals surface area contributed by atoms with Gasteiger partial charge in [-0.05, 0) is 55.5 Å². The molecule has 1 aliphatic heterocycles. The Bertz CT molecular complexity index is 961. The van der Waals surface area contributed by atoms with Crippen molar-refractivity contribution >= 4 is 31.9 Å². The minimum absolute atomic E-state index is 0.0699. The lowest BCUT2D eigenvalue weighted by molar-refractivity contribution is -0.135. The first-order chi connectivity index (χ1) is 13.5. The van der Waals surface area contributed by atoms with Crippen LogP contribution in [-0.2, 0) is 21.4 Å². The Morgan fingerprint density at radius 2 is 1.82 bits per heavy atom. The molecular weight excluding hydrogens is 440 g/mol. The molecule has 0 spiro atoms. The maximum absolute atomic E-state index is 13.4. The normalized spacial score (nSPS) is 20.2. The molecule has 2 aliphatic rings. The molecule has 148 valence electrons. The van der Waals surface area contributed by atoms with Gasteiger partial charge in [0.05, 0.1) is 4.90 Å². The number of nitrogens with zero attached hydrogens (tertiary/aromatic N) is 2. The van der Waals surface area contributed by atoms with E-state index in [-0.39, 0.29) is 16.8 Å². The molecule has 2 fully saturated rings. The molecule has 28 heavy (non-hydrogen) atoms. The van der Waals surface area contributed by atoms with Gasteiger partial charge in [0.2, 0.25) is 15.9 Å². The van der Waals surface area contributed by atoms with Gasteiger partial charge in [-0.3, -0.25) is 4.79 Å². The fraction of sp³-hybridized carbons (Fsp3) is 0.381. The largest absolute Gasteiger partial charge is 0.334 e. The summed E-state index contributed by atoms with van der Waals surface area (Å²) in [6, 6.07) is 15.9. The Labute approximate surface area is 174 Å². The van der Waals surface area contributed by atoms with Crippen LogP contribution in [0.4, 0.5) is 0 Å². The van der Waals surface area contributed by atoms with E-state index in [4.69, 9.17) is 0 Å². The lowest BCUT2D eigenvalue weighted by atomic mass is 10.1. The average molecular weight is 463 g/mol. The fourth-order valence-electron chi connectivity index (χ4n) is 3.80. The summed E-state index contributed by atoms with van der Waals surface area (Å²) in [7, 11) is -3.67. The maximum Gasteiger partial charge on any atom is 0.243 e. The zero-order chi connectivity index (χ0) is 19.7. The van der Waals surface area contributed by atoms with Crippen molar-refractivity contribution in [3.63, 3.8) is 0 Å². The molecule has 1 unspecified atom stereocenters. The topological polar surface area (TPSA) is 57.7 Å². The van der Waals surface area contributed by atoms with Gasteiger partial charge in [0.25, 0.3) is 0 Å². The summed E-state index contributed by atoms with van der Waals surface area (Å²) < 4.78 is 28.6. The number of rotatable bonds is 6. The highest BCUT2D eigenvalue weighted by Crippen LogP contribution is 2.33. The molecule has 1 atom stereocenters. The van der Waals surface area contributed by atoms with Crippen LogP contribution in [0.2, 0.25) is 0 Å². The van der Waals surface area contributed by atoms with Crippen molar-refractivity contribution in [3.8, 4) is 0 Å². The lowest BCUT2D eigenvalue weighted by Crippen LogP contribution is -2.48. The Balaban J connectivity index is 1.58. The van der Waals surface area contributed by atoms with Crippen molar-refractivity contribution < 1.29 is 13.2 Å². The first kappa shape index (κ1) is 19.6. The number of sulfonamides is 1. The molecule has 0 bridgehead atoms. The Morgan fingerprint density at radius 3 is 2.50 bits per heavy atom. The molecule has 0 aromatic heterocycles. The van der Waals surface area contributed by atoms with Gasteiger partial charge < -0.3 is 4.90 Å². The zero-order valence-electron chi connectivity index (χ0n) is 15.5. The quantitative estimate of drug-likeness (QED) is 0.655. The average Bonchev–Trinajstić information content (AvgIpc) is 3.41. The van der Waals surface area contributed by atoms with Gasteiger partial charge in [-0.15, -0.1) is 0 Å². The van der Waals surface area contributed by atoms with Crippen LogP contribution in [0, 0.1) is 0 Å². The highest BCUT2D eigenvalue weighted by molar-refractivity contribution is 9.10. The standard InChI is InChI=1S/C21H23BrN2O3S/c22-17-7-4-6-16(14-17)15-23(18-11-12-18)21(25)20-10-5-13-24(20)28(26,27)19-8-2-1-3-9-19/h1-4,6-9,14,18,20H,5,10-13,15H2. The van der Waals surface area contributed by atoms with Crippen molar-refractivity contribution in [2.24, 2.45) is 0 Å². The Kier molecular flexibility index (Phi) is 5.58. The van der Waals surface area contributed by atoms with Crippen LogP contribution in [0.5, 0.6) is 0 Å². The molecule has 1 aliphatic carbocycles. The first-order valence-corrected chi connectivity index (χ1v) is 11.8. The monoisotopic (exact) mass is 462 g/mol. The van der Waals surface area contributed by atoms with Crippen molar-refractivity contribution in [2.45, 2.75) is 49.2 Å². The zero-order valence-corrected chi connectivity index (χ0v) is 17.9. The number of halogens is 1. The number of hydrogen-bond donors (Lipinski definition) is 0. The summed E-state index contributed by atoms with van der Waals surface area (Å²) in [6.07, 6.45) is 3.25. The van der Waals surface area contributed by atoms with Crippen LogP contribution in [0.1, 0.15) is 31.2 Å². The van der Waals surface area contributed by atoms with Crippen LogP contribution in [0.3, 0.4) is 0 Å². The lowest BCUT2D eigenvalue weighted by Gasteiger charge is -2.30. The maximum atomic E-state index is 13.4. The summed E-state index contributed by atoms with van der Waals surface area (Å²) in [5, 5.41) is 0. The van der Waals surface area contributed by atoms with Gasteiger partial charge in [0.15, 0.2) is 0 Å². The third-order valence-corrected chi connectivity index (χ3v) is 7.77. The Hall–Kier alpha value is -1.70. The summed E-state index contributed by atoms with van der Waals surface area (Å²) in [5.74, 6) is -0.0699. The molecule has 1 heterocycles.